The van der Waals surface area contributed by atoms with E-state index in [0.29, 0.717) is 7.25 Å². The van der Waals surface area contributed by atoms with Gasteiger partial charge in [0.25, 0.3) is 0 Å². The number of fused-ring (bicyclic) bond motifs is 7. The summed E-state index contributed by atoms with van der Waals surface area (Å²) in [6, 6.07) is 42.6. The van der Waals surface area contributed by atoms with Gasteiger partial charge in [-0.2, -0.15) is 0 Å². The van der Waals surface area contributed by atoms with E-state index in [1.54, 1.807) is 16.7 Å². The van der Waals surface area contributed by atoms with Crippen LogP contribution in [0.15, 0.2) is 115 Å². The standard InChI is InChI=1S/C24H17.C21H25.C2H6Si.2ClH.Zr/c1-16-13-14-17-8-6-12-22(24(16)17)23-15-18-7-2-3-9-19(18)20-10-4-5-11-21(20)23;1-20(2,3)16-7-9-18-14(12-16)11-15-13-17(21(4,5)6)8-10-19(15)18;1-3-2;;;/h2-15H,1H3;7-13H,1-6H3;1-2H3;2*1H;/q;;;;;+2/p-2. The van der Waals surface area contributed by atoms with Gasteiger partial charge in [0.2, 0.25) is 0 Å². The second kappa shape index (κ2) is 13.9. The molecule has 2 aliphatic carbocycles. The summed E-state index contributed by atoms with van der Waals surface area (Å²) in [5, 5.41) is 5.35. The number of benzene rings is 6. The van der Waals surface area contributed by atoms with Crippen molar-refractivity contribution in [1.29, 1.82) is 0 Å². The van der Waals surface area contributed by atoms with Gasteiger partial charge < -0.3 is 24.8 Å². The Morgan fingerprint density at radius 2 is 1.08 bits per heavy atom. The molecule has 0 bridgehead atoms. The molecule has 0 nitrogen and oxygen atoms in total. The maximum absolute atomic E-state index is 2.74. The van der Waals surface area contributed by atoms with Crippen molar-refractivity contribution >= 4 is 32.6 Å². The predicted octanol–water partition coefficient (Wildman–Crippen LogP) is 7.36. The van der Waals surface area contributed by atoms with Gasteiger partial charge >= 0.3 is 303 Å². The third-order valence-corrected chi connectivity index (χ3v) is 30.4. The fourth-order valence-electron chi connectivity index (χ4n) is 8.76. The molecule has 1 atom stereocenters. The molecule has 0 saturated carbocycles. The minimum absolute atomic E-state index is 0. The first-order chi connectivity index (χ1) is 23.3. The average Bonchev–Trinajstić information content (AvgIpc) is 3.57. The molecule has 0 spiro atoms. The van der Waals surface area contributed by atoms with Gasteiger partial charge in [0.1, 0.15) is 0 Å². The zero-order chi connectivity index (χ0) is 34.4. The van der Waals surface area contributed by atoms with E-state index in [0.717, 1.165) is 0 Å². The first kappa shape index (κ1) is 38.0. The van der Waals surface area contributed by atoms with Gasteiger partial charge in [-0.3, -0.25) is 0 Å². The van der Waals surface area contributed by atoms with Crippen molar-refractivity contribution in [2.45, 2.75) is 79.6 Å². The Kier molecular flexibility index (Phi) is 10.4. The molecule has 8 rings (SSSR count). The van der Waals surface area contributed by atoms with E-state index < -0.39 is 25.8 Å². The number of halogens is 2. The number of hydrogen-bond acceptors (Lipinski definition) is 0. The van der Waals surface area contributed by atoms with Gasteiger partial charge in [0.15, 0.2) is 0 Å². The zero-order valence-corrected chi connectivity index (χ0v) is 36.4. The molecule has 4 heteroatoms. The number of hydrogen-bond donors (Lipinski definition) is 0. The Morgan fingerprint density at radius 3 is 1.65 bits per heavy atom. The second-order valence-corrected chi connectivity index (χ2v) is 34.8. The van der Waals surface area contributed by atoms with E-state index >= 15 is 0 Å². The fraction of sp³-hybridized carbons (Fsp3) is 0.277. The monoisotopic (exact) mass is 800 g/mol. The van der Waals surface area contributed by atoms with Gasteiger partial charge in [-0.25, -0.2) is 0 Å². The fourth-order valence-corrected chi connectivity index (χ4v) is 28.2. The molecule has 0 radical (unpaired) electrons. The third-order valence-electron chi connectivity index (χ3n) is 11.3. The Bertz CT molecular complexity index is 2340. The summed E-state index contributed by atoms with van der Waals surface area (Å²) in [7, 11) is 0. The first-order valence-corrected chi connectivity index (χ1v) is 27.0. The molecule has 258 valence electrons. The van der Waals surface area contributed by atoms with E-state index in [1.807, 2.05) is 0 Å². The molecule has 0 fully saturated rings. The van der Waals surface area contributed by atoms with Crippen molar-refractivity contribution < 1.29 is 45.2 Å². The van der Waals surface area contributed by atoms with Gasteiger partial charge in [0.05, 0.1) is 0 Å². The largest absolute Gasteiger partial charge is 1.00 e. The van der Waals surface area contributed by atoms with Crippen LogP contribution in [-0.4, -0.2) is 5.43 Å². The van der Waals surface area contributed by atoms with Crippen molar-refractivity contribution in [2.75, 3.05) is 0 Å². The average molecular weight is 803 g/mol. The molecule has 0 heterocycles. The molecule has 2 aliphatic rings. The molecular weight excluding hydrogens is 755 g/mol. The van der Waals surface area contributed by atoms with E-state index in [4.69, 9.17) is 0 Å². The van der Waals surface area contributed by atoms with Crippen LogP contribution in [0.5, 0.6) is 0 Å². The van der Waals surface area contributed by atoms with Crippen molar-refractivity contribution in [1.82, 2.24) is 0 Å². The van der Waals surface area contributed by atoms with Crippen LogP contribution < -0.4 is 24.8 Å². The summed E-state index contributed by atoms with van der Waals surface area (Å²) in [6.07, 6.45) is 2.74. The van der Waals surface area contributed by atoms with Crippen LogP contribution in [-0.2, 0) is 31.2 Å². The van der Waals surface area contributed by atoms with Crippen LogP contribution in [0.4, 0.5) is 0 Å². The molecule has 6 aromatic rings. The van der Waals surface area contributed by atoms with E-state index in [9.17, 15) is 0 Å². The predicted molar refractivity (Wildman–Crippen MR) is 212 cm³/mol. The molecule has 0 N–H and O–H groups in total. The summed E-state index contributed by atoms with van der Waals surface area (Å²) in [5.41, 5.74) is 16.2. The zero-order valence-electron chi connectivity index (χ0n) is 31.4. The summed E-state index contributed by atoms with van der Waals surface area (Å²) in [4.78, 5) is 0. The number of rotatable bonds is 3. The maximum atomic E-state index is 2.74. The van der Waals surface area contributed by atoms with Crippen molar-refractivity contribution in [3.63, 3.8) is 0 Å². The summed E-state index contributed by atoms with van der Waals surface area (Å²) in [6.45, 7) is 21.9. The normalized spacial score (nSPS) is 14.9. The van der Waals surface area contributed by atoms with Gasteiger partial charge in [0, 0.05) is 0 Å². The molecule has 0 aliphatic heterocycles. The molecule has 0 aromatic heterocycles. The summed E-state index contributed by atoms with van der Waals surface area (Å²) < 4.78 is 1.12. The summed E-state index contributed by atoms with van der Waals surface area (Å²) >= 11 is -2.32. The van der Waals surface area contributed by atoms with Crippen molar-refractivity contribution in [3.8, 4) is 22.3 Å². The van der Waals surface area contributed by atoms with Crippen LogP contribution in [0.25, 0.3) is 49.4 Å². The van der Waals surface area contributed by atoms with Gasteiger partial charge in [-0.15, -0.1) is 0 Å². The molecule has 1 unspecified atom stereocenters. The molecule has 0 amide bonds. The van der Waals surface area contributed by atoms with Gasteiger partial charge in [-0.1, -0.05) is 0 Å². The molecule has 0 saturated heterocycles. The minimum atomic E-state index is -2.32. The summed E-state index contributed by atoms with van der Waals surface area (Å²) in [5.74, 6) is 0. The van der Waals surface area contributed by atoms with Crippen LogP contribution in [0, 0.1) is 0 Å². The van der Waals surface area contributed by atoms with Crippen molar-refractivity contribution in [2.24, 2.45) is 0 Å². The first-order valence-electron chi connectivity index (χ1n) is 18.0. The van der Waals surface area contributed by atoms with Crippen LogP contribution >= 0.6 is 0 Å². The molecule has 6 aromatic carbocycles. The Balaban J connectivity index is 0.00000224. The quantitative estimate of drug-likeness (QED) is 0.130. The number of allylic oxidation sites excluding steroid dienone is 2. The third kappa shape index (κ3) is 6.37. The molecular formula is C47H48Cl2SiZr. The molecule has 51 heavy (non-hydrogen) atoms. The second-order valence-electron chi connectivity index (χ2n) is 16.8. The smallest absolute Gasteiger partial charge is 1.00 e. The van der Waals surface area contributed by atoms with E-state index in [2.05, 4.69) is 177 Å². The Hall–Kier alpha value is -2.74. The topological polar surface area (TPSA) is 0 Å². The Morgan fingerprint density at radius 1 is 0.529 bits per heavy atom. The van der Waals surface area contributed by atoms with Crippen molar-refractivity contribution in [3.05, 3.63) is 149 Å². The SMILES string of the molecule is CC1=C[CH]([Zr+2]([CH]2c3cc(C(C)(C)C)ccc3-c3ccc(C(C)(C)C)cc32)=[Si](C)C)c2cccc(-c3cc4ccccc4c4ccccc34)c21.[Cl-].[Cl-]. The minimum Gasteiger partial charge on any atom is -1.00 e. The van der Waals surface area contributed by atoms with E-state index in [-0.39, 0.29) is 35.6 Å². The van der Waals surface area contributed by atoms with Crippen LogP contribution in [0.1, 0.15) is 89.1 Å². The van der Waals surface area contributed by atoms with E-state index in [1.165, 1.54) is 66.1 Å². The Labute approximate surface area is 325 Å². The van der Waals surface area contributed by atoms with Crippen LogP contribution in [0.2, 0.25) is 13.1 Å². The van der Waals surface area contributed by atoms with Crippen LogP contribution in [0.3, 0.4) is 0 Å². The maximum Gasteiger partial charge on any atom is -1.00 e. The van der Waals surface area contributed by atoms with Gasteiger partial charge in [-0.05, 0) is 0 Å².